The first-order valence-electron chi connectivity index (χ1n) is 9.52. The third kappa shape index (κ3) is 12.3. The highest BCUT2D eigenvalue weighted by Crippen LogP contribution is 2.10. The number of hydrogen-bond donors (Lipinski definition) is 2. The summed E-state index contributed by atoms with van der Waals surface area (Å²) in [6, 6.07) is 10.4. The van der Waals surface area contributed by atoms with E-state index >= 15 is 0 Å². The first-order chi connectivity index (χ1) is 13.0. The average Bonchev–Trinajstić information content (AvgIpc) is 2.68. The van der Waals surface area contributed by atoms with Gasteiger partial charge in [-0.3, -0.25) is 4.79 Å². The number of amides is 1. The number of likely N-dealkylation sites (N-methyl/N-ethyl adjacent to an activating group) is 1. The van der Waals surface area contributed by atoms with Crippen LogP contribution in [0.3, 0.4) is 0 Å². The van der Waals surface area contributed by atoms with Crippen molar-refractivity contribution in [3.8, 4) is 0 Å². The van der Waals surface area contributed by atoms with E-state index < -0.39 is 0 Å². The van der Waals surface area contributed by atoms with Crippen molar-refractivity contribution in [1.29, 1.82) is 0 Å². The molecule has 0 aliphatic rings. The van der Waals surface area contributed by atoms with E-state index in [9.17, 15) is 4.79 Å². The normalized spacial score (nSPS) is 10.8. The third-order valence-corrected chi connectivity index (χ3v) is 4.80. The number of carbonyl (C=O) groups is 1. The molecule has 0 heterocycles. The zero-order chi connectivity index (χ0) is 19.9. The number of halogens is 1. The molecule has 2 N–H and O–H groups in total. The molecule has 1 aromatic carbocycles. The molecule has 0 spiro atoms. The van der Waals surface area contributed by atoms with Gasteiger partial charge in [0.25, 0.3) is 0 Å². The van der Waals surface area contributed by atoms with Crippen LogP contribution in [-0.4, -0.2) is 76.1 Å². The highest BCUT2D eigenvalue weighted by molar-refractivity contribution is 14.0. The SMILES string of the molecule is CSCCCCNC(=NCC(=O)N(C)C)NCCCN(C)c1ccccc1.I. The van der Waals surface area contributed by atoms with Crippen LogP contribution >= 0.6 is 35.7 Å². The fourth-order valence-electron chi connectivity index (χ4n) is 2.38. The Balaban J connectivity index is 0.00000729. The van der Waals surface area contributed by atoms with Crippen molar-refractivity contribution in [2.24, 2.45) is 4.99 Å². The number of hydrogen-bond acceptors (Lipinski definition) is 4. The van der Waals surface area contributed by atoms with Crippen LogP contribution in [0.1, 0.15) is 19.3 Å². The predicted octanol–water partition coefficient (Wildman–Crippen LogP) is 2.90. The van der Waals surface area contributed by atoms with Gasteiger partial charge in [-0.1, -0.05) is 18.2 Å². The average molecular weight is 522 g/mol. The molecule has 0 saturated carbocycles. The van der Waals surface area contributed by atoms with E-state index in [0.717, 1.165) is 38.4 Å². The number of rotatable bonds is 12. The van der Waals surface area contributed by atoms with Gasteiger partial charge < -0.3 is 20.4 Å². The zero-order valence-corrected chi connectivity index (χ0v) is 20.8. The lowest BCUT2D eigenvalue weighted by atomic mass is 10.3. The Bertz CT molecular complexity index is 557. The highest BCUT2D eigenvalue weighted by atomic mass is 127. The number of anilines is 1. The summed E-state index contributed by atoms with van der Waals surface area (Å²) >= 11 is 1.87. The van der Waals surface area contributed by atoms with Gasteiger partial charge in [0.05, 0.1) is 0 Å². The van der Waals surface area contributed by atoms with E-state index in [1.165, 1.54) is 17.9 Å². The molecule has 0 aromatic heterocycles. The molecule has 0 fully saturated rings. The second-order valence-electron chi connectivity index (χ2n) is 6.62. The lowest BCUT2D eigenvalue weighted by Gasteiger charge is -2.20. The Morgan fingerprint density at radius 1 is 1.04 bits per heavy atom. The lowest BCUT2D eigenvalue weighted by molar-refractivity contribution is -0.127. The molecule has 0 aliphatic heterocycles. The van der Waals surface area contributed by atoms with Crippen molar-refractivity contribution in [2.75, 3.05) is 64.2 Å². The first kappa shape index (κ1) is 26.8. The van der Waals surface area contributed by atoms with Crippen LogP contribution < -0.4 is 15.5 Å². The second-order valence-corrected chi connectivity index (χ2v) is 7.60. The molecular weight excluding hydrogens is 485 g/mol. The number of nitrogens with one attached hydrogen (secondary N) is 2. The highest BCUT2D eigenvalue weighted by Gasteiger charge is 2.05. The van der Waals surface area contributed by atoms with Gasteiger partial charge >= 0.3 is 0 Å². The fourth-order valence-corrected chi connectivity index (χ4v) is 2.87. The van der Waals surface area contributed by atoms with Gasteiger partial charge in [0.1, 0.15) is 6.54 Å². The maximum absolute atomic E-state index is 11.8. The summed E-state index contributed by atoms with van der Waals surface area (Å²) in [7, 11) is 5.60. The van der Waals surface area contributed by atoms with Gasteiger partial charge in [-0.15, -0.1) is 24.0 Å². The molecule has 160 valence electrons. The molecule has 28 heavy (non-hydrogen) atoms. The Hall–Kier alpha value is -1.16. The molecule has 0 bridgehead atoms. The summed E-state index contributed by atoms with van der Waals surface area (Å²) in [5.41, 5.74) is 1.22. The molecular formula is C20H36IN5OS. The minimum atomic E-state index is 0. The summed E-state index contributed by atoms with van der Waals surface area (Å²) in [5, 5.41) is 6.69. The molecule has 0 atom stereocenters. The minimum absolute atomic E-state index is 0. The number of aliphatic imine (C=N–C) groups is 1. The molecule has 1 rings (SSSR count). The molecule has 0 radical (unpaired) electrons. The maximum Gasteiger partial charge on any atom is 0.243 e. The second kappa shape index (κ2) is 16.8. The molecule has 1 amide bonds. The summed E-state index contributed by atoms with van der Waals surface area (Å²) in [5.74, 6) is 1.89. The smallest absolute Gasteiger partial charge is 0.243 e. The van der Waals surface area contributed by atoms with Crippen molar-refractivity contribution < 1.29 is 4.79 Å². The fraction of sp³-hybridized carbons (Fsp3) is 0.600. The number of thioether (sulfide) groups is 1. The van der Waals surface area contributed by atoms with Crippen LogP contribution in [0, 0.1) is 0 Å². The van der Waals surface area contributed by atoms with Crippen LogP contribution in [0.25, 0.3) is 0 Å². The quantitative estimate of drug-likeness (QED) is 0.192. The molecule has 8 heteroatoms. The number of nitrogens with zero attached hydrogens (tertiary/aromatic N) is 3. The largest absolute Gasteiger partial charge is 0.375 e. The van der Waals surface area contributed by atoms with Crippen molar-refractivity contribution in [1.82, 2.24) is 15.5 Å². The van der Waals surface area contributed by atoms with Crippen LogP contribution in [0.4, 0.5) is 5.69 Å². The van der Waals surface area contributed by atoms with Gasteiger partial charge in [-0.2, -0.15) is 11.8 Å². The third-order valence-electron chi connectivity index (χ3n) is 4.10. The van der Waals surface area contributed by atoms with Crippen molar-refractivity contribution >= 4 is 53.3 Å². The Labute approximate surface area is 191 Å². The van der Waals surface area contributed by atoms with Gasteiger partial charge in [0.15, 0.2) is 5.96 Å². The summed E-state index contributed by atoms with van der Waals surface area (Å²) in [6.45, 7) is 2.79. The van der Waals surface area contributed by atoms with Crippen LogP contribution in [0.15, 0.2) is 35.3 Å². The van der Waals surface area contributed by atoms with E-state index in [0.29, 0.717) is 0 Å². The standard InChI is InChI=1S/C20H35N5OS.HI/c1-24(2)19(26)17-23-20(21-13-8-9-16-27-4)22-14-10-15-25(3)18-11-6-5-7-12-18;/h5-7,11-12H,8-10,13-17H2,1-4H3,(H2,21,22,23);1H. The van der Waals surface area contributed by atoms with Crippen molar-refractivity contribution in [3.05, 3.63) is 30.3 Å². The van der Waals surface area contributed by atoms with Crippen molar-refractivity contribution in [2.45, 2.75) is 19.3 Å². The van der Waals surface area contributed by atoms with Crippen LogP contribution in [-0.2, 0) is 4.79 Å². The van der Waals surface area contributed by atoms with Gasteiger partial charge in [0, 0.05) is 46.5 Å². The molecule has 0 unspecified atom stereocenters. The van der Waals surface area contributed by atoms with E-state index in [1.807, 2.05) is 17.8 Å². The minimum Gasteiger partial charge on any atom is -0.375 e. The molecule has 6 nitrogen and oxygen atoms in total. The number of guanidine groups is 1. The Kier molecular flexibility index (Phi) is 16.1. The molecule has 0 aliphatic carbocycles. The summed E-state index contributed by atoms with van der Waals surface area (Å²) in [6.07, 6.45) is 5.39. The maximum atomic E-state index is 11.8. The van der Waals surface area contributed by atoms with E-state index in [2.05, 4.69) is 58.1 Å². The molecule has 1 aromatic rings. The Morgan fingerprint density at radius 3 is 2.29 bits per heavy atom. The zero-order valence-electron chi connectivity index (χ0n) is 17.6. The Morgan fingerprint density at radius 2 is 1.68 bits per heavy atom. The van der Waals surface area contributed by atoms with E-state index in [-0.39, 0.29) is 36.4 Å². The summed E-state index contributed by atoms with van der Waals surface area (Å²) in [4.78, 5) is 20.0. The lowest BCUT2D eigenvalue weighted by Crippen LogP contribution is -2.40. The number of carbonyl (C=O) groups excluding carboxylic acids is 1. The van der Waals surface area contributed by atoms with Gasteiger partial charge in [-0.25, -0.2) is 4.99 Å². The summed E-state index contributed by atoms with van der Waals surface area (Å²) < 4.78 is 0. The van der Waals surface area contributed by atoms with E-state index in [4.69, 9.17) is 0 Å². The first-order valence-corrected chi connectivity index (χ1v) is 10.9. The topological polar surface area (TPSA) is 60.0 Å². The predicted molar refractivity (Wildman–Crippen MR) is 134 cm³/mol. The number of benzene rings is 1. The van der Waals surface area contributed by atoms with Crippen LogP contribution in [0.5, 0.6) is 0 Å². The number of unbranched alkanes of at least 4 members (excludes halogenated alkanes) is 1. The monoisotopic (exact) mass is 521 g/mol. The van der Waals surface area contributed by atoms with E-state index in [1.54, 1.807) is 19.0 Å². The number of para-hydroxylation sites is 1. The van der Waals surface area contributed by atoms with Gasteiger partial charge in [0.2, 0.25) is 5.91 Å². The van der Waals surface area contributed by atoms with Gasteiger partial charge in [-0.05, 0) is 43.4 Å². The molecule has 0 saturated heterocycles. The van der Waals surface area contributed by atoms with Crippen LogP contribution in [0.2, 0.25) is 0 Å². The van der Waals surface area contributed by atoms with Crippen molar-refractivity contribution in [3.63, 3.8) is 0 Å².